The van der Waals surface area contributed by atoms with Crippen LogP contribution in [-0.4, -0.2) is 19.1 Å². The van der Waals surface area contributed by atoms with Gasteiger partial charge in [0, 0.05) is 26.3 Å². The van der Waals surface area contributed by atoms with Gasteiger partial charge in [0.15, 0.2) is 5.65 Å². The Morgan fingerprint density at radius 2 is 1.81 bits per heavy atom. The number of hydrogen-bond acceptors (Lipinski definition) is 5. The van der Waals surface area contributed by atoms with Gasteiger partial charge >= 0.3 is 5.69 Å². The molecule has 0 saturated carbocycles. The Bertz CT molecular complexity index is 1090. The highest BCUT2D eigenvalue weighted by molar-refractivity contribution is 7.98. The van der Waals surface area contributed by atoms with Crippen LogP contribution in [0.15, 0.2) is 38.9 Å². The molecule has 0 bridgehead atoms. The Morgan fingerprint density at radius 3 is 2.50 bits per heavy atom. The number of benzene rings is 1. The van der Waals surface area contributed by atoms with Crippen LogP contribution in [0.3, 0.4) is 0 Å². The smallest absolute Gasteiger partial charge is 0.280 e. The Balaban J connectivity index is 2.17. The fourth-order valence-electron chi connectivity index (χ4n) is 2.83. The van der Waals surface area contributed by atoms with Gasteiger partial charge in [0.25, 0.3) is 5.56 Å². The van der Waals surface area contributed by atoms with Gasteiger partial charge in [0.1, 0.15) is 16.2 Å². The molecule has 0 N–H and O–H groups in total. The summed E-state index contributed by atoms with van der Waals surface area (Å²) in [6, 6.07) is 8.16. The van der Waals surface area contributed by atoms with E-state index in [1.54, 1.807) is 7.05 Å². The molecule has 7 heteroatoms. The van der Waals surface area contributed by atoms with Crippen molar-refractivity contribution in [2.75, 3.05) is 0 Å². The van der Waals surface area contributed by atoms with Crippen molar-refractivity contribution >= 4 is 22.8 Å². The van der Waals surface area contributed by atoms with Gasteiger partial charge in [0.05, 0.1) is 0 Å². The number of hydrogen-bond donors (Lipinski definition) is 0. The van der Waals surface area contributed by atoms with Crippen LogP contribution < -0.4 is 11.2 Å². The van der Waals surface area contributed by atoms with E-state index in [-0.39, 0.29) is 11.2 Å². The van der Waals surface area contributed by atoms with Crippen molar-refractivity contribution in [1.29, 1.82) is 0 Å². The van der Waals surface area contributed by atoms with Crippen molar-refractivity contribution in [2.24, 2.45) is 14.1 Å². The first-order valence-electron chi connectivity index (χ1n) is 8.58. The van der Waals surface area contributed by atoms with E-state index in [0.717, 1.165) is 11.0 Å². The summed E-state index contributed by atoms with van der Waals surface area (Å²) < 4.78 is 2.54. The lowest BCUT2D eigenvalue weighted by Crippen LogP contribution is -2.37. The predicted molar refractivity (Wildman–Crippen MR) is 105 cm³/mol. The molecule has 0 saturated heterocycles. The van der Waals surface area contributed by atoms with Crippen LogP contribution in [0.5, 0.6) is 0 Å². The predicted octanol–water partition coefficient (Wildman–Crippen LogP) is 2.58. The highest BCUT2D eigenvalue weighted by atomic mass is 32.2. The van der Waals surface area contributed by atoms with Crippen LogP contribution in [-0.2, 0) is 26.3 Å². The molecule has 0 unspecified atom stereocenters. The first-order chi connectivity index (χ1) is 12.4. The van der Waals surface area contributed by atoms with Crippen LogP contribution >= 0.6 is 11.8 Å². The average molecular weight is 370 g/mol. The summed E-state index contributed by atoms with van der Waals surface area (Å²) in [6.07, 6.45) is 1.60. The van der Waals surface area contributed by atoms with Gasteiger partial charge in [-0.05, 0) is 24.5 Å². The maximum absolute atomic E-state index is 12.7. The molecule has 0 fully saturated rings. The van der Waals surface area contributed by atoms with E-state index < -0.39 is 0 Å². The van der Waals surface area contributed by atoms with E-state index >= 15 is 0 Å². The van der Waals surface area contributed by atoms with E-state index in [2.05, 4.69) is 35.9 Å². The Labute approximate surface area is 155 Å². The van der Waals surface area contributed by atoms with Crippen LogP contribution in [0.4, 0.5) is 0 Å². The van der Waals surface area contributed by atoms with Crippen molar-refractivity contribution in [1.82, 2.24) is 19.1 Å². The Hall–Kier alpha value is -2.41. The monoisotopic (exact) mass is 370 g/mol. The molecule has 136 valence electrons. The maximum Gasteiger partial charge on any atom is 0.332 e. The fourth-order valence-corrected chi connectivity index (χ4v) is 3.94. The first-order valence-corrected chi connectivity index (χ1v) is 9.56. The standard InChI is InChI=1S/C19H22N4O2S/c1-5-8-14-20-16-15(18(24)23(4)19(25)22(16)3)17(21-14)26-11-13-10-7-6-9-12(13)2/h6-7,9-10H,5,8,11H2,1-4H3. The summed E-state index contributed by atoms with van der Waals surface area (Å²) in [5.41, 5.74) is 2.08. The molecule has 0 atom stereocenters. The summed E-state index contributed by atoms with van der Waals surface area (Å²) in [5.74, 6) is 1.37. The largest absolute Gasteiger partial charge is 0.332 e. The molecule has 2 heterocycles. The molecule has 0 aliphatic carbocycles. The minimum absolute atomic E-state index is 0.349. The molecule has 0 aliphatic rings. The SMILES string of the molecule is CCCc1nc(SCc2ccccc2C)c2c(=O)n(C)c(=O)n(C)c2n1. The van der Waals surface area contributed by atoms with Crippen molar-refractivity contribution in [2.45, 2.75) is 37.5 Å². The molecule has 1 aromatic carbocycles. The summed E-state index contributed by atoms with van der Waals surface area (Å²) in [7, 11) is 3.13. The second-order valence-electron chi connectivity index (χ2n) is 6.31. The van der Waals surface area contributed by atoms with Crippen molar-refractivity contribution in [3.63, 3.8) is 0 Å². The third-order valence-electron chi connectivity index (χ3n) is 4.41. The summed E-state index contributed by atoms with van der Waals surface area (Å²) in [4.78, 5) is 34.1. The minimum Gasteiger partial charge on any atom is -0.280 e. The van der Waals surface area contributed by atoms with Crippen LogP contribution in [0, 0.1) is 6.92 Å². The van der Waals surface area contributed by atoms with Crippen molar-refractivity contribution < 1.29 is 0 Å². The number of aryl methyl sites for hydroxylation is 3. The molecule has 0 amide bonds. The third-order valence-corrected chi connectivity index (χ3v) is 5.44. The van der Waals surface area contributed by atoms with E-state index in [1.807, 2.05) is 12.1 Å². The lowest BCUT2D eigenvalue weighted by molar-refractivity contribution is 0.696. The highest BCUT2D eigenvalue weighted by Crippen LogP contribution is 2.27. The second-order valence-corrected chi connectivity index (χ2v) is 7.28. The molecule has 3 aromatic rings. The van der Waals surface area contributed by atoms with Gasteiger partial charge in [-0.15, -0.1) is 11.8 Å². The van der Waals surface area contributed by atoms with Gasteiger partial charge in [-0.1, -0.05) is 31.2 Å². The lowest BCUT2D eigenvalue weighted by Gasteiger charge is -2.12. The number of aromatic nitrogens is 4. The summed E-state index contributed by atoms with van der Waals surface area (Å²) in [6.45, 7) is 4.12. The van der Waals surface area contributed by atoms with E-state index in [1.165, 1.54) is 34.5 Å². The van der Waals surface area contributed by atoms with E-state index in [0.29, 0.717) is 34.1 Å². The number of fused-ring (bicyclic) bond motifs is 1. The van der Waals surface area contributed by atoms with Crippen molar-refractivity contribution in [3.05, 3.63) is 62.1 Å². The zero-order chi connectivity index (χ0) is 18.8. The van der Waals surface area contributed by atoms with Crippen LogP contribution in [0.1, 0.15) is 30.3 Å². The quantitative estimate of drug-likeness (QED) is 0.510. The van der Waals surface area contributed by atoms with Gasteiger partial charge in [-0.3, -0.25) is 13.9 Å². The van der Waals surface area contributed by atoms with Gasteiger partial charge in [-0.2, -0.15) is 0 Å². The Morgan fingerprint density at radius 1 is 1.08 bits per heavy atom. The van der Waals surface area contributed by atoms with E-state index in [4.69, 9.17) is 0 Å². The number of thioether (sulfide) groups is 1. The molecule has 6 nitrogen and oxygen atoms in total. The van der Waals surface area contributed by atoms with Crippen LogP contribution in [0.2, 0.25) is 0 Å². The second kappa shape index (κ2) is 7.45. The van der Waals surface area contributed by atoms with Gasteiger partial charge in [0.2, 0.25) is 0 Å². The average Bonchev–Trinajstić information content (AvgIpc) is 2.64. The molecule has 0 aliphatic heterocycles. The number of nitrogens with zero attached hydrogens (tertiary/aromatic N) is 4. The topological polar surface area (TPSA) is 69.8 Å². The summed E-state index contributed by atoms with van der Waals surface area (Å²) in [5, 5.41) is 1.05. The molecule has 0 radical (unpaired) electrons. The zero-order valence-electron chi connectivity index (χ0n) is 15.4. The van der Waals surface area contributed by atoms with Crippen LogP contribution in [0.25, 0.3) is 11.0 Å². The van der Waals surface area contributed by atoms with E-state index in [9.17, 15) is 9.59 Å². The molecular weight excluding hydrogens is 348 g/mol. The number of rotatable bonds is 5. The normalized spacial score (nSPS) is 11.2. The lowest BCUT2D eigenvalue weighted by atomic mass is 10.1. The Kier molecular flexibility index (Phi) is 5.27. The minimum atomic E-state index is -0.376. The van der Waals surface area contributed by atoms with Crippen molar-refractivity contribution in [3.8, 4) is 0 Å². The molecule has 0 spiro atoms. The first kappa shape index (κ1) is 18.4. The molecule has 2 aromatic heterocycles. The van der Waals surface area contributed by atoms with Gasteiger partial charge < -0.3 is 0 Å². The summed E-state index contributed by atoms with van der Waals surface area (Å²) >= 11 is 1.51. The third kappa shape index (κ3) is 3.31. The molecular formula is C19H22N4O2S. The zero-order valence-corrected chi connectivity index (χ0v) is 16.3. The highest BCUT2D eigenvalue weighted by Gasteiger charge is 2.17. The maximum atomic E-state index is 12.7. The van der Waals surface area contributed by atoms with Gasteiger partial charge in [-0.25, -0.2) is 14.8 Å². The molecule has 3 rings (SSSR count). The molecule has 26 heavy (non-hydrogen) atoms. The fraction of sp³-hybridized carbons (Fsp3) is 0.368.